The summed E-state index contributed by atoms with van der Waals surface area (Å²) >= 11 is 5.94. The highest BCUT2D eigenvalue weighted by atomic mass is 35.5. The molecular formula is C13H25ClN6O. The fourth-order valence-electron chi connectivity index (χ4n) is 1.65. The smallest absolute Gasteiger partial charge is 0.231 e. The van der Waals surface area contributed by atoms with Crippen LogP contribution in [0.2, 0.25) is 5.28 Å². The molecule has 0 amide bonds. The maximum absolute atomic E-state index is 5.94. The molecule has 0 aliphatic rings. The van der Waals surface area contributed by atoms with E-state index >= 15 is 0 Å². The SMILES string of the molecule is CCN(CC)c1nc(Cl)nc(NCCOCCN(C)C)n1. The minimum Gasteiger partial charge on any atom is -0.378 e. The first-order valence-corrected chi connectivity index (χ1v) is 7.57. The standard InChI is InChI=1S/C13H25ClN6O/c1-5-20(6-2)13-17-11(14)16-12(18-13)15-7-9-21-10-8-19(3)4/h5-10H2,1-4H3,(H,15,16,17,18). The molecule has 0 fully saturated rings. The van der Waals surface area contributed by atoms with Crippen molar-refractivity contribution in [3.8, 4) is 0 Å². The van der Waals surface area contributed by atoms with E-state index in [0.717, 1.165) is 19.6 Å². The molecule has 1 aromatic rings. The third-order valence-electron chi connectivity index (χ3n) is 2.85. The molecule has 8 heteroatoms. The molecule has 0 spiro atoms. The van der Waals surface area contributed by atoms with E-state index in [1.54, 1.807) is 0 Å². The number of nitrogens with one attached hydrogen (secondary N) is 1. The van der Waals surface area contributed by atoms with Crippen molar-refractivity contribution in [1.82, 2.24) is 19.9 Å². The summed E-state index contributed by atoms with van der Waals surface area (Å²) in [6.45, 7) is 8.58. The number of likely N-dealkylation sites (N-methyl/N-ethyl adjacent to an activating group) is 1. The van der Waals surface area contributed by atoms with Crippen LogP contribution in [-0.2, 0) is 4.74 Å². The Labute approximate surface area is 131 Å². The van der Waals surface area contributed by atoms with Gasteiger partial charge in [0, 0.05) is 26.2 Å². The lowest BCUT2D eigenvalue weighted by molar-refractivity contribution is 0.126. The highest BCUT2D eigenvalue weighted by molar-refractivity contribution is 6.28. The Bertz CT molecular complexity index is 414. The topological polar surface area (TPSA) is 66.4 Å². The molecule has 0 bridgehead atoms. The molecule has 0 aliphatic heterocycles. The van der Waals surface area contributed by atoms with Gasteiger partial charge in [0.15, 0.2) is 0 Å². The van der Waals surface area contributed by atoms with Crippen molar-refractivity contribution in [2.24, 2.45) is 0 Å². The summed E-state index contributed by atoms with van der Waals surface area (Å²) in [5, 5.41) is 3.30. The van der Waals surface area contributed by atoms with E-state index in [0.29, 0.717) is 31.7 Å². The normalized spacial score (nSPS) is 11.0. The van der Waals surface area contributed by atoms with Gasteiger partial charge >= 0.3 is 0 Å². The molecule has 7 nitrogen and oxygen atoms in total. The summed E-state index contributed by atoms with van der Waals surface area (Å²) in [4.78, 5) is 16.7. The summed E-state index contributed by atoms with van der Waals surface area (Å²) in [5.41, 5.74) is 0. The molecule has 0 saturated heterocycles. The fraction of sp³-hybridized carbons (Fsp3) is 0.769. The summed E-state index contributed by atoms with van der Waals surface area (Å²) in [6.07, 6.45) is 0. The van der Waals surface area contributed by atoms with Gasteiger partial charge in [-0.15, -0.1) is 0 Å². The number of aromatic nitrogens is 3. The number of anilines is 2. The number of halogens is 1. The molecule has 120 valence electrons. The van der Waals surface area contributed by atoms with Crippen molar-refractivity contribution in [2.45, 2.75) is 13.8 Å². The summed E-state index contributed by atoms with van der Waals surface area (Å²) in [5.74, 6) is 1.07. The second kappa shape index (κ2) is 9.70. The van der Waals surface area contributed by atoms with Gasteiger partial charge in [-0.25, -0.2) is 0 Å². The Morgan fingerprint density at radius 3 is 2.43 bits per heavy atom. The fourth-order valence-corrected chi connectivity index (χ4v) is 1.81. The van der Waals surface area contributed by atoms with E-state index in [4.69, 9.17) is 16.3 Å². The second-order valence-electron chi connectivity index (χ2n) is 4.74. The summed E-state index contributed by atoms with van der Waals surface area (Å²) in [7, 11) is 4.03. The number of ether oxygens (including phenoxy) is 1. The molecule has 0 saturated carbocycles. The molecule has 0 unspecified atom stereocenters. The minimum atomic E-state index is 0.197. The van der Waals surface area contributed by atoms with Crippen LogP contribution in [0, 0.1) is 0 Å². The van der Waals surface area contributed by atoms with Crippen LogP contribution in [0.3, 0.4) is 0 Å². The number of rotatable bonds is 10. The Balaban J connectivity index is 2.44. The average molecular weight is 317 g/mol. The maximum Gasteiger partial charge on any atom is 0.231 e. The van der Waals surface area contributed by atoms with Crippen LogP contribution in [0.5, 0.6) is 0 Å². The first kappa shape index (κ1) is 17.9. The Hall–Kier alpha value is -1.18. The predicted octanol–water partition coefficient (Wildman–Crippen LogP) is 1.36. The first-order chi connectivity index (χ1) is 10.1. The molecule has 21 heavy (non-hydrogen) atoms. The highest BCUT2D eigenvalue weighted by Crippen LogP contribution is 2.13. The van der Waals surface area contributed by atoms with Crippen LogP contribution < -0.4 is 10.2 Å². The second-order valence-corrected chi connectivity index (χ2v) is 5.08. The lowest BCUT2D eigenvalue weighted by Crippen LogP contribution is -2.25. The lowest BCUT2D eigenvalue weighted by atomic mass is 10.5. The Morgan fingerprint density at radius 1 is 1.10 bits per heavy atom. The van der Waals surface area contributed by atoms with E-state index < -0.39 is 0 Å². The van der Waals surface area contributed by atoms with Gasteiger partial charge in [0.2, 0.25) is 17.2 Å². The van der Waals surface area contributed by atoms with Gasteiger partial charge in [-0.05, 0) is 39.5 Å². The summed E-state index contributed by atoms with van der Waals surface area (Å²) < 4.78 is 5.50. The first-order valence-electron chi connectivity index (χ1n) is 7.19. The van der Waals surface area contributed by atoms with Crippen molar-refractivity contribution < 1.29 is 4.74 Å². The number of nitrogens with zero attached hydrogens (tertiary/aromatic N) is 5. The van der Waals surface area contributed by atoms with E-state index in [2.05, 4.69) is 25.2 Å². The van der Waals surface area contributed by atoms with E-state index in [1.165, 1.54) is 0 Å². The van der Waals surface area contributed by atoms with E-state index in [1.807, 2.05) is 32.8 Å². The number of hydrogen-bond donors (Lipinski definition) is 1. The van der Waals surface area contributed by atoms with Gasteiger partial charge in [0.1, 0.15) is 0 Å². The largest absolute Gasteiger partial charge is 0.378 e. The quantitative estimate of drug-likeness (QED) is 0.654. The summed E-state index contributed by atoms with van der Waals surface area (Å²) in [6, 6.07) is 0. The van der Waals surface area contributed by atoms with Crippen LogP contribution in [-0.4, -0.2) is 73.3 Å². The van der Waals surface area contributed by atoms with Crippen LogP contribution in [0.15, 0.2) is 0 Å². The monoisotopic (exact) mass is 316 g/mol. The maximum atomic E-state index is 5.94. The molecule has 0 aliphatic carbocycles. The van der Waals surface area contributed by atoms with Gasteiger partial charge in [-0.1, -0.05) is 0 Å². The zero-order valence-electron chi connectivity index (χ0n) is 13.3. The molecular weight excluding hydrogens is 292 g/mol. The van der Waals surface area contributed by atoms with Crippen molar-refractivity contribution in [2.75, 3.05) is 63.7 Å². The van der Waals surface area contributed by atoms with Crippen molar-refractivity contribution in [3.05, 3.63) is 5.28 Å². The van der Waals surface area contributed by atoms with E-state index in [-0.39, 0.29) is 5.28 Å². The molecule has 0 radical (unpaired) electrons. The average Bonchev–Trinajstić information content (AvgIpc) is 2.43. The third kappa shape index (κ3) is 6.88. The van der Waals surface area contributed by atoms with Gasteiger partial charge in [-0.3, -0.25) is 0 Å². The third-order valence-corrected chi connectivity index (χ3v) is 3.02. The molecule has 1 aromatic heterocycles. The molecule has 0 atom stereocenters. The molecule has 1 rings (SSSR count). The minimum absolute atomic E-state index is 0.197. The van der Waals surface area contributed by atoms with Gasteiger partial charge in [-0.2, -0.15) is 15.0 Å². The van der Waals surface area contributed by atoms with Crippen molar-refractivity contribution in [3.63, 3.8) is 0 Å². The van der Waals surface area contributed by atoms with E-state index in [9.17, 15) is 0 Å². The predicted molar refractivity (Wildman–Crippen MR) is 86.3 cm³/mol. The molecule has 0 aromatic carbocycles. The van der Waals surface area contributed by atoms with Crippen LogP contribution in [0.25, 0.3) is 0 Å². The van der Waals surface area contributed by atoms with Crippen molar-refractivity contribution >= 4 is 23.5 Å². The zero-order chi connectivity index (χ0) is 15.7. The van der Waals surface area contributed by atoms with Crippen LogP contribution in [0.1, 0.15) is 13.8 Å². The molecule has 1 N–H and O–H groups in total. The van der Waals surface area contributed by atoms with Crippen molar-refractivity contribution in [1.29, 1.82) is 0 Å². The molecule has 1 heterocycles. The lowest BCUT2D eigenvalue weighted by Gasteiger charge is -2.18. The highest BCUT2D eigenvalue weighted by Gasteiger charge is 2.09. The number of hydrogen-bond acceptors (Lipinski definition) is 7. The van der Waals surface area contributed by atoms with Crippen LogP contribution in [0.4, 0.5) is 11.9 Å². The zero-order valence-corrected chi connectivity index (χ0v) is 14.0. The Morgan fingerprint density at radius 2 is 1.81 bits per heavy atom. The van der Waals surface area contributed by atoms with Gasteiger partial charge < -0.3 is 19.9 Å². The van der Waals surface area contributed by atoms with Gasteiger partial charge in [0.25, 0.3) is 0 Å². The van der Waals surface area contributed by atoms with Gasteiger partial charge in [0.05, 0.1) is 13.2 Å². The van der Waals surface area contributed by atoms with Crippen LogP contribution >= 0.6 is 11.6 Å². The Kier molecular flexibility index (Phi) is 8.26.